The number of benzene rings is 1. The molecule has 0 bridgehead atoms. The average Bonchev–Trinajstić information content (AvgIpc) is 1.94. The fourth-order valence-electron chi connectivity index (χ4n) is 0.864. The van der Waals surface area contributed by atoms with Crippen molar-refractivity contribution in [2.75, 3.05) is 0 Å². The predicted octanol–water partition coefficient (Wildman–Crippen LogP) is 2.61. The fraction of sp³-hybridized carbons (Fsp3) is 0.250. The Morgan fingerprint density at radius 3 is 2.64 bits per heavy atom. The molecule has 0 amide bonds. The van der Waals surface area contributed by atoms with Crippen LogP contribution in [0.4, 0.5) is 4.39 Å². The topological polar surface area (TPSA) is 26.0 Å². The van der Waals surface area contributed by atoms with Crippen LogP contribution in [0.2, 0.25) is 0 Å². The van der Waals surface area contributed by atoms with Gasteiger partial charge in [-0.25, -0.2) is 4.39 Å². The van der Waals surface area contributed by atoms with Crippen molar-refractivity contribution in [3.8, 4) is 0 Å². The first kappa shape index (κ1) is 8.68. The molecule has 0 aliphatic carbocycles. The molecule has 0 aromatic heterocycles. The molecule has 0 fully saturated rings. The summed E-state index contributed by atoms with van der Waals surface area (Å²) in [5, 5.41) is 0. The Hall–Kier alpha value is -0.410. The Labute approximate surface area is 73.5 Å². The molecule has 0 radical (unpaired) electrons. The molecule has 0 spiro atoms. The molecule has 0 aliphatic rings. The summed E-state index contributed by atoms with van der Waals surface area (Å²) in [7, 11) is 0. The van der Waals surface area contributed by atoms with Gasteiger partial charge in [-0.15, -0.1) is 0 Å². The van der Waals surface area contributed by atoms with Gasteiger partial charge in [0.25, 0.3) is 0 Å². The van der Waals surface area contributed by atoms with Gasteiger partial charge < -0.3 is 5.73 Å². The SMILES string of the molecule is C[C@@H](N)c1cc(F)ccc1Br. The van der Waals surface area contributed by atoms with Crippen LogP contribution in [0.3, 0.4) is 0 Å². The zero-order valence-corrected chi connectivity index (χ0v) is 7.73. The van der Waals surface area contributed by atoms with Crippen molar-refractivity contribution in [1.29, 1.82) is 0 Å². The summed E-state index contributed by atoms with van der Waals surface area (Å²) >= 11 is 3.28. The molecule has 0 unspecified atom stereocenters. The maximum Gasteiger partial charge on any atom is 0.123 e. The first-order chi connectivity index (χ1) is 5.11. The maximum absolute atomic E-state index is 12.6. The zero-order chi connectivity index (χ0) is 8.43. The molecule has 1 nitrogen and oxygen atoms in total. The molecule has 1 aromatic carbocycles. The van der Waals surface area contributed by atoms with E-state index >= 15 is 0 Å². The summed E-state index contributed by atoms with van der Waals surface area (Å²) in [5.74, 6) is -0.250. The van der Waals surface area contributed by atoms with Crippen LogP contribution in [-0.2, 0) is 0 Å². The third kappa shape index (κ3) is 2.01. The molecule has 1 atom stereocenters. The standard InChI is InChI=1S/C8H9BrFN/c1-5(11)7-4-6(10)2-3-8(7)9/h2-5H,11H2,1H3/t5-/m1/s1. The van der Waals surface area contributed by atoms with Crippen molar-refractivity contribution in [3.63, 3.8) is 0 Å². The minimum atomic E-state index is -0.250. The molecule has 1 rings (SSSR count). The minimum Gasteiger partial charge on any atom is -0.324 e. The van der Waals surface area contributed by atoms with Crippen LogP contribution in [0.5, 0.6) is 0 Å². The Morgan fingerprint density at radius 1 is 1.55 bits per heavy atom. The molecule has 0 aliphatic heterocycles. The van der Waals surface area contributed by atoms with Crippen LogP contribution < -0.4 is 5.73 Å². The molecule has 0 saturated heterocycles. The molecule has 60 valence electrons. The third-order valence-corrected chi connectivity index (χ3v) is 2.17. The number of nitrogens with two attached hydrogens (primary N) is 1. The van der Waals surface area contributed by atoms with Crippen molar-refractivity contribution in [1.82, 2.24) is 0 Å². The smallest absolute Gasteiger partial charge is 0.123 e. The Morgan fingerprint density at radius 2 is 2.18 bits per heavy atom. The lowest BCUT2D eigenvalue weighted by Crippen LogP contribution is -2.05. The quantitative estimate of drug-likeness (QED) is 0.770. The van der Waals surface area contributed by atoms with Crippen LogP contribution in [-0.4, -0.2) is 0 Å². The van der Waals surface area contributed by atoms with Gasteiger partial charge in [-0.05, 0) is 30.7 Å². The van der Waals surface area contributed by atoms with E-state index in [-0.39, 0.29) is 11.9 Å². The summed E-state index contributed by atoms with van der Waals surface area (Å²) in [5.41, 5.74) is 6.38. The van der Waals surface area contributed by atoms with Gasteiger partial charge in [0.15, 0.2) is 0 Å². The molecular formula is C8H9BrFN. The molecular weight excluding hydrogens is 209 g/mol. The van der Waals surface area contributed by atoms with Gasteiger partial charge in [-0.3, -0.25) is 0 Å². The number of hydrogen-bond donors (Lipinski definition) is 1. The van der Waals surface area contributed by atoms with Crippen molar-refractivity contribution in [2.45, 2.75) is 13.0 Å². The van der Waals surface area contributed by atoms with Crippen LogP contribution in [0, 0.1) is 5.82 Å². The number of rotatable bonds is 1. The lowest BCUT2D eigenvalue weighted by molar-refractivity contribution is 0.621. The zero-order valence-electron chi connectivity index (χ0n) is 6.14. The van der Waals surface area contributed by atoms with E-state index in [0.717, 1.165) is 10.0 Å². The second-order valence-corrected chi connectivity index (χ2v) is 3.31. The summed E-state index contributed by atoms with van der Waals surface area (Å²) in [6, 6.07) is 4.36. The highest BCUT2D eigenvalue weighted by Gasteiger charge is 2.04. The molecule has 3 heteroatoms. The van der Waals surface area contributed by atoms with E-state index in [2.05, 4.69) is 15.9 Å². The van der Waals surface area contributed by atoms with Crippen LogP contribution in [0.1, 0.15) is 18.5 Å². The van der Waals surface area contributed by atoms with E-state index in [4.69, 9.17) is 5.73 Å². The van der Waals surface area contributed by atoms with Crippen LogP contribution in [0.15, 0.2) is 22.7 Å². The molecule has 2 N–H and O–H groups in total. The van der Waals surface area contributed by atoms with Crippen molar-refractivity contribution < 1.29 is 4.39 Å². The second-order valence-electron chi connectivity index (χ2n) is 2.45. The van der Waals surface area contributed by atoms with E-state index in [0.29, 0.717) is 0 Å². The summed E-state index contributed by atoms with van der Waals surface area (Å²) in [6.07, 6.45) is 0. The molecule has 0 heterocycles. The largest absolute Gasteiger partial charge is 0.324 e. The van der Waals surface area contributed by atoms with Crippen molar-refractivity contribution >= 4 is 15.9 Å². The lowest BCUT2D eigenvalue weighted by atomic mass is 10.1. The van der Waals surface area contributed by atoms with Gasteiger partial charge in [-0.2, -0.15) is 0 Å². The van der Waals surface area contributed by atoms with Crippen molar-refractivity contribution in [3.05, 3.63) is 34.1 Å². The molecule has 1 aromatic rings. The second kappa shape index (κ2) is 3.32. The van der Waals surface area contributed by atoms with E-state index in [1.54, 1.807) is 6.07 Å². The van der Waals surface area contributed by atoms with Gasteiger partial charge in [0, 0.05) is 10.5 Å². The normalized spacial score (nSPS) is 13.1. The summed E-state index contributed by atoms with van der Waals surface area (Å²) < 4.78 is 13.5. The van der Waals surface area contributed by atoms with Crippen LogP contribution in [0.25, 0.3) is 0 Å². The minimum absolute atomic E-state index is 0.139. The molecule has 11 heavy (non-hydrogen) atoms. The van der Waals surface area contributed by atoms with E-state index in [1.165, 1.54) is 12.1 Å². The fourth-order valence-corrected chi connectivity index (χ4v) is 1.47. The highest BCUT2D eigenvalue weighted by Crippen LogP contribution is 2.22. The van der Waals surface area contributed by atoms with E-state index in [1.807, 2.05) is 6.92 Å². The average molecular weight is 218 g/mol. The van der Waals surface area contributed by atoms with Gasteiger partial charge in [0.05, 0.1) is 0 Å². The summed E-state index contributed by atoms with van der Waals surface area (Å²) in [4.78, 5) is 0. The van der Waals surface area contributed by atoms with Gasteiger partial charge in [-0.1, -0.05) is 15.9 Å². The first-order valence-electron chi connectivity index (χ1n) is 3.32. The first-order valence-corrected chi connectivity index (χ1v) is 4.11. The molecule has 0 saturated carbocycles. The van der Waals surface area contributed by atoms with Gasteiger partial charge >= 0.3 is 0 Å². The van der Waals surface area contributed by atoms with Crippen molar-refractivity contribution in [2.24, 2.45) is 5.73 Å². The lowest BCUT2D eigenvalue weighted by Gasteiger charge is -2.07. The number of hydrogen-bond acceptors (Lipinski definition) is 1. The monoisotopic (exact) mass is 217 g/mol. The Bertz CT molecular complexity index is 260. The number of halogens is 2. The third-order valence-electron chi connectivity index (χ3n) is 1.45. The predicted molar refractivity (Wildman–Crippen MR) is 46.7 cm³/mol. The Kier molecular flexibility index (Phi) is 2.62. The highest BCUT2D eigenvalue weighted by molar-refractivity contribution is 9.10. The van der Waals surface area contributed by atoms with E-state index < -0.39 is 0 Å². The Balaban J connectivity index is 3.13. The van der Waals surface area contributed by atoms with E-state index in [9.17, 15) is 4.39 Å². The van der Waals surface area contributed by atoms with Gasteiger partial charge in [0.1, 0.15) is 5.82 Å². The van der Waals surface area contributed by atoms with Crippen LogP contribution >= 0.6 is 15.9 Å². The highest BCUT2D eigenvalue weighted by atomic mass is 79.9. The summed E-state index contributed by atoms with van der Waals surface area (Å²) in [6.45, 7) is 1.82. The maximum atomic E-state index is 12.6. The van der Waals surface area contributed by atoms with Gasteiger partial charge in [0.2, 0.25) is 0 Å².